The molecule has 0 atom stereocenters. The second-order valence-corrected chi connectivity index (χ2v) is 5.19. The summed E-state index contributed by atoms with van der Waals surface area (Å²) >= 11 is 0. The SMILES string of the molecule is CC(C)Cn1cc[n+](CC(C)C)c1.O=C([O-])C(=O)O. The Morgan fingerprint density at radius 2 is 1.79 bits per heavy atom. The van der Waals surface area contributed by atoms with E-state index in [1.165, 1.54) is 0 Å². The maximum absolute atomic E-state index is 9.04. The molecular formula is C13H22N2O4. The molecule has 1 aromatic heterocycles. The fourth-order valence-electron chi connectivity index (χ4n) is 1.50. The zero-order chi connectivity index (χ0) is 15.0. The van der Waals surface area contributed by atoms with Gasteiger partial charge in [-0.15, -0.1) is 0 Å². The fraction of sp³-hybridized carbons (Fsp3) is 0.615. The number of carbonyl (C=O) groups is 2. The summed E-state index contributed by atoms with van der Waals surface area (Å²) in [6.07, 6.45) is 6.50. The van der Waals surface area contributed by atoms with Crippen molar-refractivity contribution in [3.05, 3.63) is 18.7 Å². The molecule has 1 N–H and O–H groups in total. The van der Waals surface area contributed by atoms with Crippen molar-refractivity contribution < 1.29 is 24.4 Å². The molecule has 0 fully saturated rings. The third-order valence-electron chi connectivity index (χ3n) is 2.07. The smallest absolute Gasteiger partial charge is 0.351 e. The van der Waals surface area contributed by atoms with Crippen molar-refractivity contribution in [1.82, 2.24) is 4.57 Å². The molecule has 0 unspecified atom stereocenters. The summed E-state index contributed by atoms with van der Waals surface area (Å²) in [6, 6.07) is 0. The van der Waals surface area contributed by atoms with E-state index in [1.807, 2.05) is 0 Å². The summed E-state index contributed by atoms with van der Waals surface area (Å²) in [4.78, 5) is 18.0. The number of carbonyl (C=O) groups excluding carboxylic acids is 1. The van der Waals surface area contributed by atoms with E-state index < -0.39 is 11.9 Å². The highest BCUT2D eigenvalue weighted by atomic mass is 16.4. The van der Waals surface area contributed by atoms with Gasteiger partial charge in [0.25, 0.3) is 0 Å². The van der Waals surface area contributed by atoms with Gasteiger partial charge in [-0.2, -0.15) is 0 Å². The number of aromatic nitrogens is 2. The minimum Gasteiger partial charge on any atom is -0.539 e. The number of rotatable bonds is 4. The first-order chi connectivity index (χ1) is 8.72. The summed E-state index contributed by atoms with van der Waals surface area (Å²) in [5.41, 5.74) is 0. The van der Waals surface area contributed by atoms with Crippen LogP contribution < -0.4 is 9.67 Å². The Balaban J connectivity index is 0.000000459. The van der Waals surface area contributed by atoms with Crippen molar-refractivity contribution in [1.29, 1.82) is 0 Å². The van der Waals surface area contributed by atoms with Crippen molar-refractivity contribution in [2.45, 2.75) is 40.8 Å². The van der Waals surface area contributed by atoms with Gasteiger partial charge in [0, 0.05) is 0 Å². The van der Waals surface area contributed by atoms with Crippen molar-refractivity contribution in [2.75, 3.05) is 0 Å². The Morgan fingerprint density at radius 1 is 1.26 bits per heavy atom. The molecule has 1 heterocycles. The zero-order valence-electron chi connectivity index (χ0n) is 11.9. The number of hydrogen-bond donors (Lipinski definition) is 1. The first-order valence-corrected chi connectivity index (χ1v) is 6.21. The minimum atomic E-state index is -2.07. The Kier molecular flexibility index (Phi) is 7.48. The van der Waals surface area contributed by atoms with Crippen molar-refractivity contribution in [2.24, 2.45) is 11.8 Å². The number of carboxylic acid groups (broad SMARTS) is 2. The van der Waals surface area contributed by atoms with Crippen LogP contribution in [0.3, 0.4) is 0 Å². The Morgan fingerprint density at radius 3 is 2.16 bits per heavy atom. The van der Waals surface area contributed by atoms with Crippen LogP contribution in [0.25, 0.3) is 0 Å². The molecule has 0 saturated carbocycles. The van der Waals surface area contributed by atoms with Crippen LogP contribution >= 0.6 is 0 Å². The van der Waals surface area contributed by atoms with Gasteiger partial charge in [0.15, 0.2) is 5.97 Å². The molecule has 0 bridgehead atoms. The number of nitrogens with zero attached hydrogens (tertiary/aromatic N) is 2. The quantitative estimate of drug-likeness (QED) is 0.612. The first kappa shape index (κ1) is 17.2. The summed E-state index contributed by atoms with van der Waals surface area (Å²) in [5.74, 6) is -2.56. The monoisotopic (exact) mass is 270 g/mol. The molecule has 0 aliphatic heterocycles. The maximum atomic E-state index is 9.04. The molecule has 6 nitrogen and oxygen atoms in total. The third kappa shape index (κ3) is 8.82. The Bertz CT molecular complexity index is 374. The Hall–Kier alpha value is -1.85. The van der Waals surface area contributed by atoms with Gasteiger partial charge in [-0.05, 0) is 11.8 Å². The van der Waals surface area contributed by atoms with Gasteiger partial charge in [0.05, 0.1) is 13.1 Å². The first-order valence-electron chi connectivity index (χ1n) is 6.21. The average Bonchev–Trinajstić information content (AvgIpc) is 2.64. The lowest BCUT2D eigenvalue weighted by Crippen LogP contribution is -2.33. The van der Waals surface area contributed by atoms with E-state index in [1.54, 1.807) is 0 Å². The van der Waals surface area contributed by atoms with Crippen molar-refractivity contribution >= 4 is 11.9 Å². The molecule has 0 radical (unpaired) electrons. The fourth-order valence-corrected chi connectivity index (χ4v) is 1.50. The van der Waals surface area contributed by atoms with E-state index in [0.29, 0.717) is 0 Å². The highest BCUT2D eigenvalue weighted by Gasteiger charge is 2.06. The van der Waals surface area contributed by atoms with Gasteiger partial charge < -0.3 is 15.0 Å². The zero-order valence-corrected chi connectivity index (χ0v) is 11.9. The second-order valence-electron chi connectivity index (χ2n) is 5.19. The lowest BCUT2D eigenvalue weighted by Gasteiger charge is -2.00. The van der Waals surface area contributed by atoms with Crippen LogP contribution in [0.1, 0.15) is 27.7 Å². The summed E-state index contributed by atoms with van der Waals surface area (Å²) in [7, 11) is 0. The van der Waals surface area contributed by atoms with Crippen LogP contribution in [-0.2, 0) is 22.7 Å². The third-order valence-corrected chi connectivity index (χ3v) is 2.07. The molecule has 0 aromatic carbocycles. The average molecular weight is 270 g/mol. The van der Waals surface area contributed by atoms with E-state index in [-0.39, 0.29) is 0 Å². The largest absolute Gasteiger partial charge is 0.539 e. The van der Waals surface area contributed by atoms with Gasteiger partial charge in [-0.3, -0.25) is 0 Å². The van der Waals surface area contributed by atoms with E-state index in [9.17, 15) is 0 Å². The summed E-state index contributed by atoms with van der Waals surface area (Å²) < 4.78 is 4.51. The highest BCUT2D eigenvalue weighted by molar-refractivity contribution is 6.26. The molecule has 108 valence electrons. The van der Waals surface area contributed by atoms with Crippen LogP contribution in [0.5, 0.6) is 0 Å². The van der Waals surface area contributed by atoms with Crippen LogP contribution in [0, 0.1) is 11.8 Å². The van der Waals surface area contributed by atoms with Crippen molar-refractivity contribution in [3.63, 3.8) is 0 Å². The molecule has 0 amide bonds. The topological polar surface area (TPSA) is 86.2 Å². The molecule has 0 aliphatic carbocycles. The molecular weight excluding hydrogens is 248 g/mol. The van der Waals surface area contributed by atoms with E-state index >= 15 is 0 Å². The summed E-state index contributed by atoms with van der Waals surface area (Å²) in [5, 5.41) is 16.3. The van der Waals surface area contributed by atoms with Crippen LogP contribution in [0.2, 0.25) is 0 Å². The van der Waals surface area contributed by atoms with E-state index in [4.69, 9.17) is 19.8 Å². The van der Waals surface area contributed by atoms with Gasteiger partial charge in [0.1, 0.15) is 12.4 Å². The van der Waals surface area contributed by atoms with Crippen LogP contribution in [0.4, 0.5) is 0 Å². The van der Waals surface area contributed by atoms with Crippen molar-refractivity contribution in [3.8, 4) is 0 Å². The van der Waals surface area contributed by atoms with Gasteiger partial charge >= 0.3 is 5.97 Å². The Labute approximate surface area is 113 Å². The second kappa shape index (κ2) is 8.29. The molecule has 0 saturated heterocycles. The minimum absolute atomic E-state index is 0.722. The standard InChI is InChI=1S/C11H21N2.C2H2O4/c1-10(2)7-12-5-6-13(9-12)8-11(3)4;3-1(4)2(5)6/h5-6,9-11H,7-8H2,1-4H3;(H,3,4)(H,5,6)/q+1;/p-1. The number of imidazole rings is 1. The highest BCUT2D eigenvalue weighted by Crippen LogP contribution is 1.97. The molecule has 6 heteroatoms. The number of hydrogen-bond acceptors (Lipinski definition) is 3. The summed E-state index contributed by atoms with van der Waals surface area (Å²) in [6.45, 7) is 11.2. The van der Waals surface area contributed by atoms with E-state index in [2.05, 4.69) is 55.6 Å². The predicted molar refractivity (Wildman–Crippen MR) is 66.9 cm³/mol. The normalized spacial score (nSPS) is 10.2. The number of carboxylic acids is 2. The van der Waals surface area contributed by atoms with Gasteiger partial charge in [-0.25, -0.2) is 13.9 Å². The lowest BCUT2D eigenvalue weighted by atomic mass is 10.2. The molecule has 0 aliphatic rings. The molecule has 1 rings (SSSR count). The van der Waals surface area contributed by atoms with Crippen LogP contribution in [-0.4, -0.2) is 21.6 Å². The number of aliphatic carboxylic acids is 2. The van der Waals surface area contributed by atoms with Crippen LogP contribution in [0.15, 0.2) is 18.7 Å². The van der Waals surface area contributed by atoms with Gasteiger partial charge in [0.2, 0.25) is 6.33 Å². The lowest BCUT2D eigenvalue weighted by molar-refractivity contribution is -0.701. The molecule has 0 spiro atoms. The predicted octanol–water partition coefficient (Wildman–Crippen LogP) is -0.0915. The maximum Gasteiger partial charge on any atom is 0.351 e. The van der Waals surface area contributed by atoms with Gasteiger partial charge in [-0.1, -0.05) is 27.7 Å². The molecule has 19 heavy (non-hydrogen) atoms. The van der Waals surface area contributed by atoms with E-state index in [0.717, 1.165) is 24.9 Å². The molecule has 1 aromatic rings.